The normalized spacial score (nSPS) is 18.9. The molecule has 12 heavy (non-hydrogen) atoms. The molecule has 1 saturated carbocycles. The maximum atomic E-state index is 8.84. The number of nitrogens with zero attached hydrogens (tertiary/aromatic N) is 2. The van der Waals surface area contributed by atoms with Crippen LogP contribution < -0.4 is 0 Å². The number of rotatable bonds is 3. The molecule has 0 bridgehead atoms. The summed E-state index contributed by atoms with van der Waals surface area (Å²) in [6.45, 7) is 4.90. The minimum absolute atomic E-state index is 0.190. The predicted molar refractivity (Wildman–Crippen MR) is 49.7 cm³/mol. The van der Waals surface area contributed by atoms with Crippen molar-refractivity contribution in [1.82, 2.24) is 4.90 Å². The second-order valence-corrected chi connectivity index (χ2v) is 4.50. The van der Waals surface area contributed by atoms with Crippen molar-refractivity contribution in [2.24, 2.45) is 5.41 Å². The molecule has 0 N–H and O–H groups in total. The van der Waals surface area contributed by atoms with Crippen LogP contribution in [-0.2, 0) is 0 Å². The summed E-state index contributed by atoms with van der Waals surface area (Å²) in [6, 6.07) is 3.08. The molecule has 1 aliphatic carbocycles. The van der Waals surface area contributed by atoms with Crippen molar-refractivity contribution >= 4 is 0 Å². The van der Waals surface area contributed by atoms with E-state index in [1.807, 2.05) is 13.8 Å². The zero-order chi connectivity index (χ0) is 9.19. The smallest absolute Gasteiger partial charge is 0.0697 e. The Morgan fingerprint density at radius 3 is 2.42 bits per heavy atom. The topological polar surface area (TPSA) is 27.0 Å². The maximum absolute atomic E-state index is 8.84. The van der Waals surface area contributed by atoms with Gasteiger partial charge in [0, 0.05) is 12.6 Å². The molecule has 1 rings (SSSR count). The first-order valence-electron chi connectivity index (χ1n) is 4.67. The third kappa shape index (κ3) is 2.22. The lowest BCUT2D eigenvalue weighted by molar-refractivity contribution is 0.128. The quantitative estimate of drug-likeness (QED) is 0.641. The van der Waals surface area contributed by atoms with E-state index in [1.54, 1.807) is 0 Å². The van der Waals surface area contributed by atoms with Crippen molar-refractivity contribution in [3.63, 3.8) is 0 Å². The summed E-state index contributed by atoms with van der Waals surface area (Å²) in [5.41, 5.74) is -0.190. The second-order valence-electron chi connectivity index (χ2n) is 4.50. The first kappa shape index (κ1) is 9.54. The average Bonchev–Trinajstić information content (AvgIpc) is 1.82. The van der Waals surface area contributed by atoms with Gasteiger partial charge in [0.05, 0.1) is 11.5 Å². The minimum atomic E-state index is -0.190. The summed E-state index contributed by atoms with van der Waals surface area (Å²) >= 11 is 0. The van der Waals surface area contributed by atoms with Crippen LogP contribution >= 0.6 is 0 Å². The molecule has 0 aliphatic heterocycles. The van der Waals surface area contributed by atoms with Crippen LogP contribution in [0, 0.1) is 16.7 Å². The van der Waals surface area contributed by atoms with Crippen LogP contribution in [0.1, 0.15) is 33.1 Å². The summed E-state index contributed by atoms with van der Waals surface area (Å²) in [5.74, 6) is 0. The average molecular weight is 166 g/mol. The molecule has 0 aromatic carbocycles. The summed E-state index contributed by atoms with van der Waals surface area (Å²) in [6.07, 6.45) is 4.00. The van der Waals surface area contributed by atoms with Gasteiger partial charge in [-0.15, -0.1) is 0 Å². The standard InChI is InChI=1S/C10H18N2/c1-10(2,7-11)8-12(3)9-5-4-6-9/h9H,4-6,8H2,1-3H3. The van der Waals surface area contributed by atoms with E-state index in [1.165, 1.54) is 19.3 Å². The monoisotopic (exact) mass is 166 g/mol. The fraction of sp³-hybridized carbons (Fsp3) is 0.900. The van der Waals surface area contributed by atoms with Crippen LogP contribution in [0.3, 0.4) is 0 Å². The molecule has 0 saturated heterocycles. The van der Waals surface area contributed by atoms with Gasteiger partial charge < -0.3 is 4.90 Å². The number of nitriles is 1. The highest BCUT2D eigenvalue weighted by molar-refractivity contribution is 4.95. The van der Waals surface area contributed by atoms with Crippen LogP contribution in [0.2, 0.25) is 0 Å². The molecular weight excluding hydrogens is 148 g/mol. The van der Waals surface area contributed by atoms with Gasteiger partial charge in [-0.05, 0) is 33.7 Å². The van der Waals surface area contributed by atoms with E-state index in [-0.39, 0.29) is 5.41 Å². The van der Waals surface area contributed by atoms with Gasteiger partial charge in [0.2, 0.25) is 0 Å². The Bertz CT molecular complexity index is 187. The lowest BCUT2D eigenvalue weighted by atomic mass is 9.88. The molecule has 1 aliphatic rings. The lowest BCUT2D eigenvalue weighted by Crippen LogP contribution is -2.42. The van der Waals surface area contributed by atoms with Crippen molar-refractivity contribution in [3.8, 4) is 6.07 Å². The molecule has 1 fully saturated rings. The molecule has 68 valence electrons. The zero-order valence-electron chi connectivity index (χ0n) is 8.30. The first-order chi connectivity index (χ1) is 5.55. The van der Waals surface area contributed by atoms with Gasteiger partial charge in [-0.25, -0.2) is 0 Å². The molecule has 0 aromatic heterocycles. The Morgan fingerprint density at radius 1 is 1.50 bits per heavy atom. The molecule has 0 aromatic rings. The van der Waals surface area contributed by atoms with Crippen LogP contribution in [0.4, 0.5) is 0 Å². The van der Waals surface area contributed by atoms with Gasteiger partial charge >= 0.3 is 0 Å². The first-order valence-corrected chi connectivity index (χ1v) is 4.67. The maximum Gasteiger partial charge on any atom is 0.0697 e. The van der Waals surface area contributed by atoms with E-state index in [4.69, 9.17) is 5.26 Å². The van der Waals surface area contributed by atoms with Crippen molar-refractivity contribution in [2.75, 3.05) is 13.6 Å². The highest BCUT2D eigenvalue weighted by Gasteiger charge is 2.27. The molecule has 0 atom stereocenters. The van der Waals surface area contributed by atoms with Gasteiger partial charge in [0.1, 0.15) is 0 Å². The van der Waals surface area contributed by atoms with E-state index < -0.39 is 0 Å². The molecule has 0 spiro atoms. The summed E-state index contributed by atoms with van der Waals surface area (Å²) < 4.78 is 0. The van der Waals surface area contributed by atoms with Crippen molar-refractivity contribution in [2.45, 2.75) is 39.2 Å². The highest BCUT2D eigenvalue weighted by Crippen LogP contribution is 2.26. The molecule has 0 unspecified atom stereocenters. The molecule has 2 heteroatoms. The van der Waals surface area contributed by atoms with Crippen LogP contribution in [0.5, 0.6) is 0 Å². The van der Waals surface area contributed by atoms with Gasteiger partial charge in [-0.2, -0.15) is 5.26 Å². The van der Waals surface area contributed by atoms with E-state index in [0.717, 1.165) is 12.6 Å². The predicted octanol–water partition coefficient (Wildman–Crippen LogP) is 2.02. The van der Waals surface area contributed by atoms with Gasteiger partial charge in [0.25, 0.3) is 0 Å². The lowest BCUT2D eigenvalue weighted by Gasteiger charge is -2.37. The SMILES string of the molecule is CN(CC(C)(C)C#N)C1CCC1. The van der Waals surface area contributed by atoms with Gasteiger partial charge in [-0.1, -0.05) is 6.42 Å². The van der Waals surface area contributed by atoms with Crippen LogP contribution in [0.25, 0.3) is 0 Å². The number of hydrogen-bond acceptors (Lipinski definition) is 2. The van der Waals surface area contributed by atoms with Crippen LogP contribution in [-0.4, -0.2) is 24.5 Å². The van der Waals surface area contributed by atoms with Crippen molar-refractivity contribution in [1.29, 1.82) is 5.26 Å². The Kier molecular flexibility index (Phi) is 2.74. The van der Waals surface area contributed by atoms with Gasteiger partial charge in [0.15, 0.2) is 0 Å². The summed E-state index contributed by atoms with van der Waals surface area (Å²) in [4.78, 5) is 2.33. The van der Waals surface area contributed by atoms with E-state index >= 15 is 0 Å². The molecular formula is C10H18N2. The third-order valence-electron chi connectivity index (χ3n) is 2.65. The van der Waals surface area contributed by atoms with Gasteiger partial charge in [-0.3, -0.25) is 0 Å². The largest absolute Gasteiger partial charge is 0.302 e. The molecule has 0 amide bonds. The Morgan fingerprint density at radius 2 is 2.08 bits per heavy atom. The Hall–Kier alpha value is -0.550. The van der Waals surface area contributed by atoms with E-state index in [9.17, 15) is 0 Å². The van der Waals surface area contributed by atoms with E-state index in [0.29, 0.717) is 0 Å². The Balaban J connectivity index is 2.35. The van der Waals surface area contributed by atoms with Crippen molar-refractivity contribution < 1.29 is 0 Å². The van der Waals surface area contributed by atoms with Crippen molar-refractivity contribution in [3.05, 3.63) is 0 Å². The summed E-state index contributed by atoms with van der Waals surface area (Å²) in [5, 5.41) is 8.84. The second kappa shape index (κ2) is 3.45. The number of hydrogen-bond donors (Lipinski definition) is 0. The highest BCUT2D eigenvalue weighted by atomic mass is 15.1. The molecule has 0 heterocycles. The summed E-state index contributed by atoms with van der Waals surface area (Å²) in [7, 11) is 2.13. The molecule has 0 radical (unpaired) electrons. The fourth-order valence-electron chi connectivity index (χ4n) is 1.62. The minimum Gasteiger partial charge on any atom is -0.302 e. The van der Waals surface area contributed by atoms with Crippen LogP contribution in [0.15, 0.2) is 0 Å². The Labute approximate surface area is 75.2 Å². The third-order valence-corrected chi connectivity index (χ3v) is 2.65. The molecule has 2 nitrogen and oxygen atoms in total. The van der Waals surface area contributed by atoms with E-state index in [2.05, 4.69) is 18.0 Å². The zero-order valence-corrected chi connectivity index (χ0v) is 8.30. The fourth-order valence-corrected chi connectivity index (χ4v) is 1.62.